The quantitative estimate of drug-likeness (QED) is 0.851. The Morgan fingerprint density at radius 3 is 2.41 bits per heavy atom. The van der Waals surface area contributed by atoms with Gasteiger partial charge in [-0.15, -0.1) is 0 Å². The molecule has 0 bridgehead atoms. The number of rotatable bonds is 4. The first-order valence-corrected chi connectivity index (χ1v) is 6.06. The molecular weight excluding hydrogens is 212 g/mol. The van der Waals surface area contributed by atoms with Gasteiger partial charge in [-0.25, -0.2) is 0 Å². The Hall–Kier alpha value is -1.35. The van der Waals surface area contributed by atoms with Gasteiger partial charge in [-0.2, -0.15) is 0 Å². The van der Waals surface area contributed by atoms with E-state index >= 15 is 0 Å². The monoisotopic (exact) mass is 232 g/mol. The molecule has 0 unspecified atom stereocenters. The van der Waals surface area contributed by atoms with E-state index in [1.54, 1.807) is 19.0 Å². The lowest BCUT2D eigenvalue weighted by molar-refractivity contribution is -0.127. The third-order valence-electron chi connectivity index (χ3n) is 3.39. The van der Waals surface area contributed by atoms with Crippen LogP contribution in [0, 0.1) is 0 Å². The molecule has 17 heavy (non-hydrogen) atoms. The van der Waals surface area contributed by atoms with Crippen LogP contribution in [0.1, 0.15) is 24.0 Å². The van der Waals surface area contributed by atoms with Crippen molar-refractivity contribution in [1.82, 2.24) is 4.90 Å². The van der Waals surface area contributed by atoms with E-state index in [2.05, 4.69) is 6.07 Å². The summed E-state index contributed by atoms with van der Waals surface area (Å²) in [4.78, 5) is 13.4. The molecule has 1 aromatic rings. The zero-order valence-corrected chi connectivity index (χ0v) is 10.6. The van der Waals surface area contributed by atoms with Gasteiger partial charge in [0, 0.05) is 19.6 Å². The molecule has 0 aromatic heterocycles. The molecule has 1 aromatic carbocycles. The Morgan fingerprint density at radius 1 is 1.29 bits per heavy atom. The van der Waals surface area contributed by atoms with Gasteiger partial charge in [0.1, 0.15) is 0 Å². The molecular formula is C14H20N2O. The largest absolute Gasteiger partial charge is 0.349 e. The minimum atomic E-state index is -0.00271. The number of amides is 1. The van der Waals surface area contributed by atoms with Crippen molar-refractivity contribution in [2.45, 2.75) is 31.2 Å². The van der Waals surface area contributed by atoms with Gasteiger partial charge in [-0.05, 0) is 30.4 Å². The molecule has 1 amide bonds. The highest BCUT2D eigenvalue weighted by Gasteiger charge is 2.38. The van der Waals surface area contributed by atoms with Gasteiger partial charge in [0.05, 0.1) is 6.42 Å². The molecule has 1 aliphatic carbocycles. The maximum absolute atomic E-state index is 11.7. The van der Waals surface area contributed by atoms with Gasteiger partial charge in [0.15, 0.2) is 0 Å². The molecule has 2 N–H and O–H groups in total. The summed E-state index contributed by atoms with van der Waals surface area (Å²) in [5.74, 6) is 0.138. The molecule has 3 heteroatoms. The fourth-order valence-corrected chi connectivity index (χ4v) is 1.94. The van der Waals surface area contributed by atoms with Crippen molar-refractivity contribution in [2.24, 2.45) is 5.73 Å². The van der Waals surface area contributed by atoms with Gasteiger partial charge >= 0.3 is 0 Å². The molecule has 1 aliphatic rings. The van der Waals surface area contributed by atoms with E-state index in [-0.39, 0.29) is 11.4 Å². The van der Waals surface area contributed by atoms with E-state index < -0.39 is 0 Å². The van der Waals surface area contributed by atoms with Crippen LogP contribution in [-0.2, 0) is 17.6 Å². The van der Waals surface area contributed by atoms with E-state index in [1.807, 2.05) is 18.2 Å². The molecule has 92 valence electrons. The van der Waals surface area contributed by atoms with Crippen molar-refractivity contribution in [1.29, 1.82) is 0 Å². The molecule has 3 nitrogen and oxygen atoms in total. The lowest BCUT2D eigenvalue weighted by Gasteiger charge is -2.15. The summed E-state index contributed by atoms with van der Waals surface area (Å²) in [6.07, 6.45) is 3.56. The second kappa shape index (κ2) is 4.49. The minimum Gasteiger partial charge on any atom is -0.349 e. The number of carbonyl (C=O) groups is 1. The van der Waals surface area contributed by atoms with E-state index in [1.165, 1.54) is 5.56 Å². The SMILES string of the molecule is CN(C)C(=O)Cc1ccccc1CC1(N)CC1. The first-order chi connectivity index (χ1) is 8.00. The fourth-order valence-electron chi connectivity index (χ4n) is 1.94. The van der Waals surface area contributed by atoms with Crippen molar-refractivity contribution in [2.75, 3.05) is 14.1 Å². The lowest BCUT2D eigenvalue weighted by atomic mass is 9.97. The third kappa shape index (κ3) is 3.07. The summed E-state index contributed by atoms with van der Waals surface area (Å²) < 4.78 is 0. The van der Waals surface area contributed by atoms with Crippen molar-refractivity contribution >= 4 is 5.91 Å². The number of hydrogen-bond donors (Lipinski definition) is 1. The van der Waals surface area contributed by atoms with E-state index in [4.69, 9.17) is 5.73 Å². The third-order valence-corrected chi connectivity index (χ3v) is 3.39. The van der Waals surface area contributed by atoms with Crippen LogP contribution in [0.2, 0.25) is 0 Å². The van der Waals surface area contributed by atoms with Crippen LogP contribution in [0.4, 0.5) is 0 Å². The number of carbonyl (C=O) groups excluding carboxylic acids is 1. The van der Waals surface area contributed by atoms with Crippen LogP contribution in [0.3, 0.4) is 0 Å². The summed E-state index contributed by atoms with van der Waals surface area (Å²) in [7, 11) is 3.58. The van der Waals surface area contributed by atoms with Gasteiger partial charge in [0.25, 0.3) is 0 Å². The van der Waals surface area contributed by atoms with Gasteiger partial charge in [0.2, 0.25) is 5.91 Å². The van der Waals surface area contributed by atoms with Crippen LogP contribution >= 0.6 is 0 Å². The minimum absolute atomic E-state index is 0.00271. The summed E-state index contributed by atoms with van der Waals surface area (Å²) in [6, 6.07) is 8.12. The van der Waals surface area contributed by atoms with Crippen molar-refractivity contribution in [3.05, 3.63) is 35.4 Å². The number of likely N-dealkylation sites (N-methyl/N-ethyl adjacent to an activating group) is 1. The number of nitrogens with zero attached hydrogens (tertiary/aromatic N) is 1. The second-order valence-electron chi connectivity index (χ2n) is 5.27. The Kier molecular flexibility index (Phi) is 3.20. The summed E-state index contributed by atoms with van der Waals surface area (Å²) >= 11 is 0. The Morgan fingerprint density at radius 2 is 1.88 bits per heavy atom. The molecule has 0 saturated heterocycles. The highest BCUT2D eigenvalue weighted by molar-refractivity contribution is 5.78. The van der Waals surface area contributed by atoms with E-state index in [9.17, 15) is 4.79 Å². The summed E-state index contributed by atoms with van der Waals surface area (Å²) in [6.45, 7) is 0. The standard InChI is InChI=1S/C14H20N2O/c1-16(2)13(17)9-11-5-3-4-6-12(11)10-14(15)7-8-14/h3-6H,7-10,15H2,1-2H3. The Balaban J connectivity index is 2.13. The highest BCUT2D eigenvalue weighted by Crippen LogP contribution is 2.36. The molecule has 0 aliphatic heterocycles. The van der Waals surface area contributed by atoms with Crippen LogP contribution in [0.5, 0.6) is 0 Å². The molecule has 2 rings (SSSR count). The molecule has 0 atom stereocenters. The van der Waals surface area contributed by atoms with Crippen LogP contribution in [0.15, 0.2) is 24.3 Å². The van der Waals surface area contributed by atoms with Crippen LogP contribution in [0.25, 0.3) is 0 Å². The number of nitrogens with two attached hydrogens (primary N) is 1. The molecule has 0 heterocycles. The van der Waals surface area contributed by atoms with E-state index in [0.29, 0.717) is 6.42 Å². The average Bonchev–Trinajstić information content (AvgIpc) is 2.99. The second-order valence-corrected chi connectivity index (χ2v) is 5.27. The predicted octanol–water partition coefficient (Wildman–Crippen LogP) is 1.35. The lowest BCUT2D eigenvalue weighted by Crippen LogP contribution is -2.27. The number of hydrogen-bond acceptors (Lipinski definition) is 2. The zero-order valence-electron chi connectivity index (χ0n) is 10.6. The topological polar surface area (TPSA) is 46.3 Å². The van der Waals surface area contributed by atoms with Crippen LogP contribution < -0.4 is 5.73 Å². The normalized spacial score (nSPS) is 16.6. The van der Waals surface area contributed by atoms with Gasteiger partial charge in [-0.1, -0.05) is 24.3 Å². The predicted molar refractivity (Wildman–Crippen MR) is 68.7 cm³/mol. The van der Waals surface area contributed by atoms with E-state index in [0.717, 1.165) is 24.8 Å². The maximum Gasteiger partial charge on any atom is 0.226 e. The number of benzene rings is 1. The molecule has 1 saturated carbocycles. The van der Waals surface area contributed by atoms with Crippen LogP contribution in [-0.4, -0.2) is 30.4 Å². The fraction of sp³-hybridized carbons (Fsp3) is 0.500. The Labute approximate surface area is 103 Å². The Bertz CT molecular complexity index is 422. The first-order valence-electron chi connectivity index (χ1n) is 6.06. The molecule has 1 fully saturated rings. The van der Waals surface area contributed by atoms with Crippen molar-refractivity contribution < 1.29 is 4.79 Å². The van der Waals surface area contributed by atoms with Crippen molar-refractivity contribution in [3.8, 4) is 0 Å². The maximum atomic E-state index is 11.7. The first kappa shape index (κ1) is 12.1. The zero-order chi connectivity index (χ0) is 12.5. The summed E-state index contributed by atoms with van der Waals surface area (Å²) in [5.41, 5.74) is 8.48. The van der Waals surface area contributed by atoms with Gasteiger partial charge in [-0.3, -0.25) is 4.79 Å². The smallest absolute Gasteiger partial charge is 0.226 e. The molecule has 0 spiro atoms. The summed E-state index contributed by atoms with van der Waals surface area (Å²) in [5, 5.41) is 0. The van der Waals surface area contributed by atoms with Gasteiger partial charge < -0.3 is 10.6 Å². The molecule has 0 radical (unpaired) electrons. The highest BCUT2D eigenvalue weighted by atomic mass is 16.2. The van der Waals surface area contributed by atoms with Crippen molar-refractivity contribution in [3.63, 3.8) is 0 Å². The average molecular weight is 232 g/mol.